The SMILES string of the molecule is NC(=O)COc1ccc(C2c3c(oc4ccc(F)cc4c3=O)C(=O)N2CC2CCCO2)cc1. The number of halogens is 1. The van der Waals surface area contributed by atoms with E-state index in [4.69, 9.17) is 19.6 Å². The van der Waals surface area contributed by atoms with Crippen molar-refractivity contribution in [3.63, 3.8) is 0 Å². The highest BCUT2D eigenvalue weighted by atomic mass is 19.1. The van der Waals surface area contributed by atoms with Crippen molar-refractivity contribution in [2.75, 3.05) is 19.8 Å². The zero-order valence-corrected chi connectivity index (χ0v) is 17.6. The number of primary amides is 1. The van der Waals surface area contributed by atoms with Crippen LogP contribution in [0.15, 0.2) is 51.7 Å². The summed E-state index contributed by atoms with van der Waals surface area (Å²) in [6, 6.07) is 9.60. The minimum absolute atomic E-state index is 0.0452. The molecule has 3 aromatic rings. The van der Waals surface area contributed by atoms with Crippen LogP contribution in [0.25, 0.3) is 11.0 Å². The zero-order chi connectivity index (χ0) is 23.1. The number of hydrogen-bond acceptors (Lipinski definition) is 6. The fraction of sp³-hybridized carbons (Fsp3) is 0.292. The first-order valence-corrected chi connectivity index (χ1v) is 10.6. The third kappa shape index (κ3) is 3.84. The lowest BCUT2D eigenvalue weighted by Crippen LogP contribution is -2.36. The van der Waals surface area contributed by atoms with Crippen molar-refractivity contribution < 1.29 is 27.9 Å². The van der Waals surface area contributed by atoms with Gasteiger partial charge in [-0.15, -0.1) is 0 Å². The zero-order valence-electron chi connectivity index (χ0n) is 17.6. The van der Waals surface area contributed by atoms with Crippen molar-refractivity contribution in [1.29, 1.82) is 0 Å². The number of nitrogens with two attached hydrogens (primary N) is 1. The summed E-state index contributed by atoms with van der Waals surface area (Å²) in [5.74, 6) is -1.21. The predicted octanol–water partition coefficient (Wildman–Crippen LogP) is 2.52. The lowest BCUT2D eigenvalue weighted by Gasteiger charge is -2.27. The first-order chi connectivity index (χ1) is 15.9. The molecule has 1 aromatic heterocycles. The Morgan fingerprint density at radius 1 is 1.18 bits per heavy atom. The molecule has 33 heavy (non-hydrogen) atoms. The van der Waals surface area contributed by atoms with Crippen molar-refractivity contribution in [1.82, 2.24) is 4.90 Å². The Balaban J connectivity index is 1.60. The van der Waals surface area contributed by atoms with E-state index in [1.165, 1.54) is 12.1 Å². The third-order valence-electron chi connectivity index (χ3n) is 5.93. The van der Waals surface area contributed by atoms with Gasteiger partial charge in [0.2, 0.25) is 5.76 Å². The van der Waals surface area contributed by atoms with Crippen LogP contribution < -0.4 is 15.9 Å². The van der Waals surface area contributed by atoms with E-state index in [2.05, 4.69) is 0 Å². The van der Waals surface area contributed by atoms with Gasteiger partial charge in [-0.1, -0.05) is 12.1 Å². The van der Waals surface area contributed by atoms with Gasteiger partial charge in [-0.3, -0.25) is 14.4 Å². The summed E-state index contributed by atoms with van der Waals surface area (Å²) in [5, 5.41) is 0.0759. The standard InChI is InChI=1S/C24H21FN2O6/c25-14-5-8-18-17(10-14)22(29)20-21(13-3-6-15(7-4-13)32-12-19(26)28)27(24(30)23(20)33-18)11-16-2-1-9-31-16/h3-8,10,16,21H,1-2,9,11-12H2,(H2,26,28). The molecule has 2 aliphatic rings. The summed E-state index contributed by atoms with van der Waals surface area (Å²) in [4.78, 5) is 39.3. The first-order valence-electron chi connectivity index (χ1n) is 10.6. The predicted molar refractivity (Wildman–Crippen MR) is 115 cm³/mol. The maximum Gasteiger partial charge on any atom is 0.291 e. The molecule has 5 rings (SSSR count). The maximum atomic E-state index is 13.9. The van der Waals surface area contributed by atoms with Crippen molar-refractivity contribution in [3.8, 4) is 5.75 Å². The van der Waals surface area contributed by atoms with Gasteiger partial charge in [0.15, 0.2) is 12.0 Å². The second-order valence-electron chi connectivity index (χ2n) is 8.13. The Hall–Kier alpha value is -3.72. The molecule has 1 fully saturated rings. The van der Waals surface area contributed by atoms with Crippen LogP contribution in [-0.4, -0.2) is 42.6 Å². The average Bonchev–Trinajstić information content (AvgIpc) is 3.41. The van der Waals surface area contributed by atoms with Crippen LogP contribution in [0.5, 0.6) is 5.75 Å². The molecule has 9 heteroatoms. The number of ether oxygens (including phenoxy) is 2. The van der Waals surface area contributed by atoms with E-state index < -0.39 is 29.1 Å². The van der Waals surface area contributed by atoms with E-state index in [-0.39, 0.29) is 41.5 Å². The first kappa shape index (κ1) is 21.1. The van der Waals surface area contributed by atoms with E-state index in [1.807, 2.05) is 0 Å². The van der Waals surface area contributed by atoms with Crippen molar-refractivity contribution in [2.45, 2.75) is 25.0 Å². The Labute approximate surface area is 187 Å². The molecule has 3 heterocycles. The number of amides is 2. The number of carbonyl (C=O) groups excluding carboxylic acids is 2. The van der Waals surface area contributed by atoms with Gasteiger partial charge in [-0.25, -0.2) is 4.39 Å². The van der Waals surface area contributed by atoms with E-state index in [9.17, 15) is 18.8 Å². The largest absolute Gasteiger partial charge is 0.484 e. The number of rotatable bonds is 6. The van der Waals surface area contributed by atoms with Gasteiger partial charge in [0.05, 0.1) is 23.1 Å². The van der Waals surface area contributed by atoms with Crippen LogP contribution in [0, 0.1) is 5.82 Å². The van der Waals surface area contributed by atoms with E-state index in [1.54, 1.807) is 29.2 Å². The van der Waals surface area contributed by atoms with E-state index >= 15 is 0 Å². The summed E-state index contributed by atoms with van der Waals surface area (Å²) in [7, 11) is 0. The van der Waals surface area contributed by atoms with Gasteiger partial charge >= 0.3 is 0 Å². The minimum atomic E-state index is -0.731. The number of hydrogen-bond donors (Lipinski definition) is 1. The van der Waals surface area contributed by atoms with Gasteiger partial charge in [0.25, 0.3) is 11.8 Å². The van der Waals surface area contributed by atoms with Crippen LogP contribution in [0.3, 0.4) is 0 Å². The normalized spacial score (nSPS) is 19.8. The summed E-state index contributed by atoms with van der Waals surface area (Å²) >= 11 is 0. The van der Waals surface area contributed by atoms with Gasteiger partial charge < -0.3 is 24.5 Å². The molecule has 2 aliphatic heterocycles. The highest BCUT2D eigenvalue weighted by molar-refractivity contribution is 5.99. The molecule has 0 radical (unpaired) electrons. The number of carbonyl (C=O) groups is 2. The smallest absolute Gasteiger partial charge is 0.291 e. The average molecular weight is 452 g/mol. The molecule has 2 N–H and O–H groups in total. The van der Waals surface area contributed by atoms with Crippen molar-refractivity contribution in [3.05, 3.63) is 75.4 Å². The highest BCUT2D eigenvalue weighted by Crippen LogP contribution is 2.39. The molecule has 8 nitrogen and oxygen atoms in total. The number of fused-ring (bicyclic) bond motifs is 2. The molecule has 2 atom stereocenters. The van der Waals surface area contributed by atoms with Gasteiger partial charge in [0.1, 0.15) is 17.1 Å². The van der Waals surface area contributed by atoms with E-state index in [0.717, 1.165) is 18.9 Å². The third-order valence-corrected chi connectivity index (χ3v) is 5.93. The molecule has 0 spiro atoms. The molecule has 2 unspecified atom stereocenters. The molecule has 170 valence electrons. The number of benzene rings is 2. The lowest BCUT2D eigenvalue weighted by atomic mass is 9.98. The fourth-order valence-electron chi connectivity index (χ4n) is 4.44. The monoisotopic (exact) mass is 452 g/mol. The topological polar surface area (TPSA) is 112 Å². The van der Waals surface area contributed by atoms with Crippen molar-refractivity contribution >= 4 is 22.8 Å². The Bertz CT molecular complexity index is 1300. The summed E-state index contributed by atoms with van der Waals surface area (Å²) in [6.45, 7) is 0.644. The summed E-state index contributed by atoms with van der Waals surface area (Å²) in [5.41, 5.74) is 5.63. The van der Waals surface area contributed by atoms with Gasteiger partial charge in [-0.2, -0.15) is 0 Å². The molecular weight excluding hydrogens is 431 g/mol. The molecule has 2 amide bonds. The fourth-order valence-corrected chi connectivity index (χ4v) is 4.44. The van der Waals surface area contributed by atoms with E-state index in [0.29, 0.717) is 17.9 Å². The van der Waals surface area contributed by atoms with Crippen LogP contribution >= 0.6 is 0 Å². The second-order valence-corrected chi connectivity index (χ2v) is 8.13. The highest BCUT2D eigenvalue weighted by Gasteiger charge is 2.43. The molecule has 1 saturated heterocycles. The Morgan fingerprint density at radius 2 is 1.97 bits per heavy atom. The van der Waals surface area contributed by atoms with Crippen LogP contribution in [0.1, 0.15) is 40.6 Å². The maximum absolute atomic E-state index is 13.9. The number of nitrogens with zero attached hydrogens (tertiary/aromatic N) is 1. The summed E-state index contributed by atoms with van der Waals surface area (Å²) in [6.07, 6.45) is 1.56. The molecular formula is C24H21FN2O6. The molecule has 0 bridgehead atoms. The second kappa shape index (κ2) is 8.32. The van der Waals surface area contributed by atoms with Gasteiger partial charge in [-0.05, 0) is 48.7 Å². The van der Waals surface area contributed by atoms with Crippen molar-refractivity contribution in [2.24, 2.45) is 5.73 Å². The minimum Gasteiger partial charge on any atom is -0.484 e. The summed E-state index contributed by atoms with van der Waals surface area (Å²) < 4.78 is 30.7. The molecule has 0 saturated carbocycles. The Morgan fingerprint density at radius 3 is 2.67 bits per heavy atom. The molecule has 0 aliphatic carbocycles. The van der Waals surface area contributed by atoms with Crippen LogP contribution in [-0.2, 0) is 9.53 Å². The quantitative estimate of drug-likeness (QED) is 0.615. The molecule has 2 aromatic carbocycles. The van der Waals surface area contributed by atoms with Crippen LogP contribution in [0.4, 0.5) is 4.39 Å². The van der Waals surface area contributed by atoms with Gasteiger partial charge in [0, 0.05) is 13.2 Å². The van der Waals surface area contributed by atoms with Crippen LogP contribution in [0.2, 0.25) is 0 Å². The lowest BCUT2D eigenvalue weighted by molar-refractivity contribution is -0.119. The Kier molecular flexibility index (Phi) is 5.33.